The molecule has 4 rings (SSSR count). The summed E-state index contributed by atoms with van der Waals surface area (Å²) in [5.41, 5.74) is 10.1. The Bertz CT molecular complexity index is 756. The van der Waals surface area contributed by atoms with Crippen LogP contribution in [0.15, 0.2) is 53.5 Å². The molecule has 3 N–H and O–H groups in total. The predicted octanol–water partition coefficient (Wildman–Crippen LogP) is 2.44. The van der Waals surface area contributed by atoms with Crippen LogP contribution in [0.2, 0.25) is 0 Å². The summed E-state index contributed by atoms with van der Waals surface area (Å²) in [5, 5.41) is 3.39. The van der Waals surface area contributed by atoms with Crippen molar-refractivity contribution in [2.24, 2.45) is 16.6 Å². The Balaban J connectivity index is 1.39. The van der Waals surface area contributed by atoms with Crippen LogP contribution in [0.1, 0.15) is 22.6 Å². The number of hydrogen-bond acceptors (Lipinski definition) is 2. The van der Waals surface area contributed by atoms with Gasteiger partial charge in [0.1, 0.15) is 5.75 Å². The van der Waals surface area contributed by atoms with Gasteiger partial charge in [-0.1, -0.05) is 42.5 Å². The maximum absolute atomic E-state index is 6.08. The summed E-state index contributed by atoms with van der Waals surface area (Å²) in [7, 11) is 1.67. The topological polar surface area (TPSA) is 59.6 Å². The van der Waals surface area contributed by atoms with E-state index in [1.54, 1.807) is 7.11 Å². The van der Waals surface area contributed by atoms with Crippen LogP contribution < -0.4 is 15.8 Å². The molecule has 1 saturated carbocycles. The Morgan fingerprint density at radius 1 is 1.22 bits per heavy atom. The monoisotopic (exact) mass is 307 g/mol. The van der Waals surface area contributed by atoms with E-state index in [2.05, 4.69) is 34.6 Å². The maximum atomic E-state index is 6.08. The van der Waals surface area contributed by atoms with E-state index >= 15 is 0 Å². The van der Waals surface area contributed by atoms with Crippen molar-refractivity contribution in [2.75, 3.05) is 7.11 Å². The molecule has 0 amide bonds. The molecule has 1 fully saturated rings. The number of nitrogens with two attached hydrogens (primary N) is 1. The molecule has 2 aliphatic carbocycles. The van der Waals surface area contributed by atoms with E-state index in [0.717, 1.165) is 17.7 Å². The lowest BCUT2D eigenvalue weighted by atomic mass is 10.1. The van der Waals surface area contributed by atoms with Crippen LogP contribution in [0.4, 0.5) is 0 Å². The number of ether oxygens (including phenoxy) is 1. The minimum Gasteiger partial charge on any atom is -0.496 e. The molecule has 4 heteroatoms. The van der Waals surface area contributed by atoms with E-state index in [9.17, 15) is 0 Å². The van der Waals surface area contributed by atoms with Gasteiger partial charge in [-0.25, -0.2) is 4.99 Å². The van der Waals surface area contributed by atoms with E-state index in [1.807, 2.05) is 24.3 Å². The second kappa shape index (κ2) is 5.61. The minimum absolute atomic E-state index is 0.436. The van der Waals surface area contributed by atoms with Crippen molar-refractivity contribution in [3.05, 3.63) is 65.2 Å². The first-order valence-corrected chi connectivity index (χ1v) is 8.04. The van der Waals surface area contributed by atoms with Crippen molar-refractivity contribution >= 4 is 5.96 Å². The molecule has 0 bridgehead atoms. The molecular weight excluding hydrogens is 286 g/mol. The number of rotatable bonds is 4. The van der Waals surface area contributed by atoms with E-state index in [1.165, 1.54) is 11.1 Å². The fourth-order valence-corrected chi connectivity index (χ4v) is 3.77. The van der Waals surface area contributed by atoms with Crippen molar-refractivity contribution in [3.8, 4) is 5.75 Å². The summed E-state index contributed by atoms with van der Waals surface area (Å²) in [4.78, 5) is 4.47. The summed E-state index contributed by atoms with van der Waals surface area (Å²) in [6.07, 6.45) is 1.15. The van der Waals surface area contributed by atoms with Crippen LogP contribution >= 0.6 is 0 Å². The zero-order chi connectivity index (χ0) is 15.8. The highest BCUT2D eigenvalue weighted by Crippen LogP contribution is 2.56. The molecule has 0 saturated heterocycles. The van der Waals surface area contributed by atoms with Crippen molar-refractivity contribution in [1.82, 2.24) is 5.32 Å². The Labute approximate surface area is 136 Å². The van der Waals surface area contributed by atoms with Gasteiger partial charge in [-0.2, -0.15) is 0 Å². The van der Waals surface area contributed by atoms with Crippen LogP contribution in [-0.4, -0.2) is 19.1 Å². The standard InChI is InChI=1S/C19H21N3O/c1-23-16-9-5-3-7-13(16)11-21-19(20)22-18-15-10-12-6-2-4-8-14(12)17(15)18/h2-9,15,17-18H,10-11H2,1H3,(H3,20,21,22). The third-order valence-electron chi connectivity index (χ3n) is 4.97. The number of methoxy groups -OCH3 is 1. The molecule has 4 nitrogen and oxygen atoms in total. The number of guanidine groups is 1. The quantitative estimate of drug-likeness (QED) is 0.674. The average Bonchev–Trinajstić information content (AvgIpc) is 3.09. The Kier molecular flexibility index (Phi) is 3.45. The molecular formula is C19H21N3O. The zero-order valence-electron chi connectivity index (χ0n) is 13.2. The van der Waals surface area contributed by atoms with Gasteiger partial charge in [-0.3, -0.25) is 0 Å². The first-order valence-electron chi connectivity index (χ1n) is 8.04. The second-order valence-electron chi connectivity index (χ2n) is 6.28. The van der Waals surface area contributed by atoms with Gasteiger partial charge in [0.05, 0.1) is 13.7 Å². The van der Waals surface area contributed by atoms with Gasteiger partial charge in [0.25, 0.3) is 0 Å². The van der Waals surface area contributed by atoms with E-state index in [0.29, 0.717) is 30.4 Å². The van der Waals surface area contributed by atoms with Crippen LogP contribution in [0.3, 0.4) is 0 Å². The summed E-state index contributed by atoms with van der Waals surface area (Å²) < 4.78 is 5.34. The van der Waals surface area contributed by atoms with Gasteiger partial charge in [-0.15, -0.1) is 0 Å². The number of para-hydroxylation sites is 1. The smallest absolute Gasteiger partial charge is 0.189 e. The number of aliphatic imine (C=N–C) groups is 1. The summed E-state index contributed by atoms with van der Waals surface area (Å²) in [6, 6.07) is 17.0. The minimum atomic E-state index is 0.436. The van der Waals surface area contributed by atoms with Crippen LogP contribution in [0.25, 0.3) is 0 Å². The Morgan fingerprint density at radius 2 is 2.00 bits per heavy atom. The third-order valence-corrected chi connectivity index (χ3v) is 4.97. The van der Waals surface area contributed by atoms with Gasteiger partial charge < -0.3 is 15.8 Å². The van der Waals surface area contributed by atoms with Gasteiger partial charge in [-0.05, 0) is 29.5 Å². The van der Waals surface area contributed by atoms with Crippen LogP contribution in [0, 0.1) is 5.92 Å². The normalized spacial score (nSPS) is 24.7. The molecule has 3 atom stereocenters. The fourth-order valence-electron chi connectivity index (χ4n) is 3.77. The van der Waals surface area contributed by atoms with E-state index < -0.39 is 0 Å². The second-order valence-corrected chi connectivity index (χ2v) is 6.28. The van der Waals surface area contributed by atoms with E-state index in [-0.39, 0.29) is 0 Å². The van der Waals surface area contributed by atoms with Crippen molar-refractivity contribution in [1.29, 1.82) is 0 Å². The Morgan fingerprint density at radius 3 is 2.87 bits per heavy atom. The number of fused-ring (bicyclic) bond motifs is 3. The SMILES string of the molecule is COc1ccccc1CN=C(N)NC1C2Cc3ccccc3C21. The van der Waals surface area contributed by atoms with Gasteiger partial charge in [0.15, 0.2) is 5.96 Å². The first kappa shape index (κ1) is 14.1. The van der Waals surface area contributed by atoms with E-state index in [4.69, 9.17) is 10.5 Å². The molecule has 2 aromatic carbocycles. The van der Waals surface area contributed by atoms with Crippen molar-refractivity contribution < 1.29 is 4.74 Å². The number of benzene rings is 2. The highest BCUT2D eigenvalue weighted by molar-refractivity contribution is 5.79. The fraction of sp³-hybridized carbons (Fsp3) is 0.316. The molecule has 0 aliphatic heterocycles. The molecule has 0 spiro atoms. The summed E-state index contributed by atoms with van der Waals surface area (Å²) in [6.45, 7) is 0.529. The molecule has 3 unspecified atom stereocenters. The molecule has 0 heterocycles. The molecule has 0 radical (unpaired) electrons. The predicted molar refractivity (Wildman–Crippen MR) is 91.6 cm³/mol. The average molecular weight is 307 g/mol. The highest BCUT2D eigenvalue weighted by atomic mass is 16.5. The highest BCUT2D eigenvalue weighted by Gasteiger charge is 2.55. The molecule has 118 valence electrons. The Hall–Kier alpha value is -2.49. The van der Waals surface area contributed by atoms with Crippen molar-refractivity contribution in [3.63, 3.8) is 0 Å². The lowest BCUT2D eigenvalue weighted by Crippen LogP contribution is -2.35. The van der Waals surface area contributed by atoms with Gasteiger partial charge in [0, 0.05) is 17.5 Å². The number of nitrogens with zero attached hydrogens (tertiary/aromatic N) is 1. The van der Waals surface area contributed by atoms with Crippen LogP contribution in [0.5, 0.6) is 5.75 Å². The molecule has 2 aromatic rings. The number of nitrogens with one attached hydrogen (secondary N) is 1. The molecule has 23 heavy (non-hydrogen) atoms. The maximum Gasteiger partial charge on any atom is 0.189 e. The third kappa shape index (κ3) is 2.54. The van der Waals surface area contributed by atoms with Crippen LogP contribution in [-0.2, 0) is 13.0 Å². The summed E-state index contributed by atoms with van der Waals surface area (Å²) in [5.74, 6) is 2.65. The lowest BCUT2D eigenvalue weighted by Gasteiger charge is -2.10. The zero-order valence-corrected chi connectivity index (χ0v) is 13.2. The molecule has 0 aromatic heterocycles. The first-order chi connectivity index (χ1) is 11.3. The lowest BCUT2D eigenvalue weighted by molar-refractivity contribution is 0.410. The largest absolute Gasteiger partial charge is 0.496 e. The van der Waals surface area contributed by atoms with Gasteiger partial charge in [0.2, 0.25) is 0 Å². The van der Waals surface area contributed by atoms with Crippen molar-refractivity contribution in [2.45, 2.75) is 24.9 Å². The molecule has 2 aliphatic rings. The summed E-state index contributed by atoms with van der Waals surface area (Å²) >= 11 is 0. The van der Waals surface area contributed by atoms with Gasteiger partial charge >= 0.3 is 0 Å². The number of hydrogen-bond donors (Lipinski definition) is 2.